The fourth-order valence-corrected chi connectivity index (χ4v) is 3.81. The molecule has 0 saturated heterocycles. The zero-order valence-corrected chi connectivity index (χ0v) is 15.4. The lowest BCUT2D eigenvalue weighted by molar-refractivity contribution is 0.266. The van der Waals surface area contributed by atoms with E-state index in [4.69, 9.17) is 0 Å². The molecule has 1 N–H and O–H groups in total. The second-order valence-electron chi connectivity index (χ2n) is 6.93. The van der Waals surface area contributed by atoms with E-state index in [1.807, 2.05) is 36.4 Å². The highest BCUT2D eigenvalue weighted by Crippen LogP contribution is 2.39. The maximum atomic E-state index is 10.8. The van der Waals surface area contributed by atoms with Gasteiger partial charge in [-0.15, -0.1) is 0 Å². The predicted molar refractivity (Wildman–Crippen MR) is 112 cm³/mol. The van der Waals surface area contributed by atoms with E-state index in [9.17, 15) is 5.11 Å². The summed E-state index contributed by atoms with van der Waals surface area (Å²) in [6.07, 6.45) is 0. The summed E-state index contributed by atoms with van der Waals surface area (Å²) in [5, 5.41) is 13.1. The van der Waals surface area contributed by atoms with Crippen molar-refractivity contribution in [2.45, 2.75) is 12.6 Å². The Morgan fingerprint density at radius 2 is 1.37 bits per heavy atom. The summed E-state index contributed by atoms with van der Waals surface area (Å²) in [6.45, 7) is 0.795. The molecule has 0 fully saturated rings. The summed E-state index contributed by atoms with van der Waals surface area (Å²) < 4.78 is 0. The zero-order valence-electron chi connectivity index (χ0n) is 15.4. The van der Waals surface area contributed by atoms with Gasteiger partial charge in [-0.1, -0.05) is 91.0 Å². The number of nitrogens with zero attached hydrogens (tertiary/aromatic N) is 1. The summed E-state index contributed by atoms with van der Waals surface area (Å²) in [4.78, 5) is 2.30. The highest BCUT2D eigenvalue weighted by atomic mass is 16.3. The number of aromatic hydroxyl groups is 1. The van der Waals surface area contributed by atoms with Crippen LogP contribution in [0.4, 0.5) is 0 Å². The highest BCUT2D eigenvalue weighted by Gasteiger charge is 2.24. The van der Waals surface area contributed by atoms with Gasteiger partial charge in [0.15, 0.2) is 0 Å². The first kappa shape index (κ1) is 17.3. The normalized spacial score (nSPS) is 12.4. The summed E-state index contributed by atoms with van der Waals surface area (Å²) in [6, 6.07) is 32.9. The fraction of sp³-hybridized carbons (Fsp3) is 0.120. The van der Waals surface area contributed by atoms with E-state index in [1.54, 1.807) is 0 Å². The Morgan fingerprint density at radius 3 is 2.11 bits per heavy atom. The molecule has 134 valence electrons. The van der Waals surface area contributed by atoms with Crippen molar-refractivity contribution >= 4 is 10.8 Å². The number of phenols is 1. The first-order valence-corrected chi connectivity index (χ1v) is 9.24. The Labute approximate surface area is 160 Å². The smallest absolute Gasteiger partial charge is 0.121 e. The molecule has 2 nitrogen and oxygen atoms in total. The summed E-state index contributed by atoms with van der Waals surface area (Å²) in [5.74, 6) is 0.336. The van der Waals surface area contributed by atoms with Crippen molar-refractivity contribution in [3.63, 3.8) is 0 Å². The van der Waals surface area contributed by atoms with Gasteiger partial charge in [0.05, 0.1) is 6.04 Å². The first-order valence-electron chi connectivity index (χ1n) is 9.24. The SMILES string of the molecule is CN(Cc1ccccc1)[C@@H](c1ccccc1)c1c(O)ccc2ccccc12. The number of benzene rings is 4. The van der Waals surface area contributed by atoms with E-state index < -0.39 is 0 Å². The van der Waals surface area contributed by atoms with Crippen LogP contribution in [0.1, 0.15) is 22.7 Å². The lowest BCUT2D eigenvalue weighted by Crippen LogP contribution is -2.25. The van der Waals surface area contributed by atoms with Crippen molar-refractivity contribution in [3.8, 4) is 5.75 Å². The second kappa shape index (κ2) is 7.65. The van der Waals surface area contributed by atoms with Gasteiger partial charge in [0.1, 0.15) is 5.75 Å². The van der Waals surface area contributed by atoms with Crippen LogP contribution in [0.15, 0.2) is 97.1 Å². The number of fused-ring (bicyclic) bond motifs is 1. The van der Waals surface area contributed by atoms with Crippen LogP contribution in [0, 0.1) is 0 Å². The van der Waals surface area contributed by atoms with E-state index in [2.05, 4.69) is 72.6 Å². The molecule has 0 heterocycles. The Hall–Kier alpha value is -3.10. The first-order chi connectivity index (χ1) is 13.2. The molecule has 2 heteroatoms. The van der Waals surface area contributed by atoms with Crippen LogP contribution in [0.25, 0.3) is 10.8 Å². The molecule has 0 aliphatic carbocycles. The quantitative estimate of drug-likeness (QED) is 0.492. The molecular formula is C25H23NO. The molecule has 0 amide bonds. The van der Waals surface area contributed by atoms with Gasteiger partial charge in [-0.25, -0.2) is 0 Å². The lowest BCUT2D eigenvalue weighted by Gasteiger charge is -2.30. The van der Waals surface area contributed by atoms with Gasteiger partial charge in [-0.05, 0) is 35.0 Å². The molecular weight excluding hydrogens is 330 g/mol. The second-order valence-corrected chi connectivity index (χ2v) is 6.93. The van der Waals surface area contributed by atoms with Gasteiger partial charge >= 0.3 is 0 Å². The van der Waals surface area contributed by atoms with Crippen LogP contribution in [-0.4, -0.2) is 17.1 Å². The van der Waals surface area contributed by atoms with Crippen LogP contribution < -0.4 is 0 Å². The van der Waals surface area contributed by atoms with Crippen molar-refractivity contribution in [3.05, 3.63) is 114 Å². The zero-order chi connectivity index (χ0) is 18.6. The minimum absolute atomic E-state index is 0.0440. The average Bonchev–Trinajstić information content (AvgIpc) is 2.71. The molecule has 0 spiro atoms. The molecule has 0 bridgehead atoms. The van der Waals surface area contributed by atoms with E-state index in [0.29, 0.717) is 5.75 Å². The van der Waals surface area contributed by atoms with Crippen LogP contribution in [0.3, 0.4) is 0 Å². The van der Waals surface area contributed by atoms with E-state index >= 15 is 0 Å². The number of hydrogen-bond donors (Lipinski definition) is 1. The van der Waals surface area contributed by atoms with Gasteiger partial charge in [-0.2, -0.15) is 0 Å². The van der Waals surface area contributed by atoms with E-state index in [1.165, 1.54) is 11.1 Å². The molecule has 27 heavy (non-hydrogen) atoms. The molecule has 4 rings (SSSR count). The Balaban J connectivity index is 1.86. The molecule has 0 unspecified atom stereocenters. The minimum Gasteiger partial charge on any atom is -0.508 e. The summed E-state index contributed by atoms with van der Waals surface area (Å²) in [5.41, 5.74) is 3.38. The number of phenolic OH excluding ortho intramolecular Hbond substituents is 1. The van der Waals surface area contributed by atoms with Crippen LogP contribution in [-0.2, 0) is 6.54 Å². The molecule has 0 aliphatic heterocycles. The third-order valence-corrected chi connectivity index (χ3v) is 5.05. The molecule has 0 saturated carbocycles. The highest BCUT2D eigenvalue weighted by molar-refractivity contribution is 5.88. The van der Waals surface area contributed by atoms with Crippen molar-refractivity contribution in [2.24, 2.45) is 0 Å². The predicted octanol–water partition coefficient (Wildman–Crippen LogP) is 5.77. The lowest BCUT2D eigenvalue weighted by atomic mass is 9.91. The van der Waals surface area contributed by atoms with Crippen molar-refractivity contribution in [1.29, 1.82) is 0 Å². The third kappa shape index (κ3) is 3.57. The summed E-state index contributed by atoms with van der Waals surface area (Å²) in [7, 11) is 2.12. The van der Waals surface area contributed by atoms with Crippen LogP contribution in [0.2, 0.25) is 0 Å². The minimum atomic E-state index is -0.0440. The van der Waals surface area contributed by atoms with Crippen molar-refractivity contribution in [1.82, 2.24) is 4.90 Å². The molecule has 1 atom stereocenters. The van der Waals surface area contributed by atoms with E-state index in [0.717, 1.165) is 22.9 Å². The van der Waals surface area contributed by atoms with Gasteiger partial charge in [-0.3, -0.25) is 4.90 Å². The Morgan fingerprint density at radius 1 is 0.741 bits per heavy atom. The topological polar surface area (TPSA) is 23.5 Å². The van der Waals surface area contributed by atoms with E-state index in [-0.39, 0.29) is 6.04 Å². The monoisotopic (exact) mass is 353 g/mol. The third-order valence-electron chi connectivity index (χ3n) is 5.05. The average molecular weight is 353 g/mol. The molecule has 4 aromatic rings. The van der Waals surface area contributed by atoms with Gasteiger partial charge in [0, 0.05) is 12.1 Å². The molecule has 4 aromatic carbocycles. The Kier molecular flexibility index (Phi) is 4.91. The van der Waals surface area contributed by atoms with Crippen LogP contribution in [0.5, 0.6) is 5.75 Å². The largest absolute Gasteiger partial charge is 0.508 e. The van der Waals surface area contributed by atoms with Crippen molar-refractivity contribution in [2.75, 3.05) is 7.05 Å². The standard InChI is InChI=1S/C25H23NO/c1-26(18-19-10-4-2-5-11-19)25(21-13-6-3-7-14-21)24-22-15-9-8-12-20(22)16-17-23(24)27/h2-17,25,27H,18H2,1H3/t25-/m0/s1. The van der Waals surface area contributed by atoms with Gasteiger partial charge < -0.3 is 5.11 Å². The summed E-state index contributed by atoms with van der Waals surface area (Å²) >= 11 is 0. The molecule has 0 aromatic heterocycles. The molecule has 0 aliphatic rings. The number of rotatable bonds is 5. The van der Waals surface area contributed by atoms with Crippen LogP contribution >= 0.6 is 0 Å². The fourth-order valence-electron chi connectivity index (χ4n) is 3.81. The van der Waals surface area contributed by atoms with Gasteiger partial charge in [0.2, 0.25) is 0 Å². The maximum Gasteiger partial charge on any atom is 0.121 e. The maximum absolute atomic E-state index is 10.8. The van der Waals surface area contributed by atoms with Gasteiger partial charge in [0.25, 0.3) is 0 Å². The van der Waals surface area contributed by atoms with Crippen molar-refractivity contribution < 1.29 is 5.11 Å². The number of hydrogen-bond acceptors (Lipinski definition) is 2. The molecule has 0 radical (unpaired) electrons. The Bertz CT molecular complexity index is 1030.